The zero-order chi connectivity index (χ0) is 18.5. The van der Waals surface area contributed by atoms with Gasteiger partial charge in [0.25, 0.3) is 0 Å². The maximum atomic E-state index is 12.4. The molecular formula is C22H36N2O2. The van der Waals surface area contributed by atoms with E-state index in [4.69, 9.17) is 4.74 Å². The number of carbonyl (C=O) groups excluding carboxylic acids is 1. The number of unbranched alkanes of at least 4 members (excludes halogenated alkanes) is 5. The van der Waals surface area contributed by atoms with Gasteiger partial charge in [0.1, 0.15) is 0 Å². The van der Waals surface area contributed by atoms with Crippen LogP contribution < -0.4 is 5.32 Å². The number of hydrogen-bond acceptors (Lipinski definition) is 3. The quantitative estimate of drug-likeness (QED) is 0.577. The van der Waals surface area contributed by atoms with E-state index in [1.807, 2.05) is 6.07 Å². The van der Waals surface area contributed by atoms with Gasteiger partial charge in [-0.05, 0) is 18.4 Å². The van der Waals surface area contributed by atoms with Crippen molar-refractivity contribution in [3.8, 4) is 0 Å². The summed E-state index contributed by atoms with van der Waals surface area (Å²) in [5, 5.41) is 3.29. The summed E-state index contributed by atoms with van der Waals surface area (Å²) in [6.07, 6.45) is 8.84. The average molecular weight is 361 g/mol. The molecule has 1 saturated heterocycles. The van der Waals surface area contributed by atoms with Crippen molar-refractivity contribution in [2.45, 2.75) is 64.3 Å². The van der Waals surface area contributed by atoms with Gasteiger partial charge in [-0.15, -0.1) is 0 Å². The monoisotopic (exact) mass is 360 g/mol. The molecule has 0 aromatic heterocycles. The molecule has 1 aliphatic heterocycles. The first kappa shape index (κ1) is 20.9. The van der Waals surface area contributed by atoms with Crippen LogP contribution in [-0.4, -0.2) is 49.7 Å². The molecule has 1 N–H and O–H groups in total. The predicted molar refractivity (Wildman–Crippen MR) is 107 cm³/mol. The summed E-state index contributed by atoms with van der Waals surface area (Å²) >= 11 is 0. The highest BCUT2D eigenvalue weighted by Crippen LogP contribution is 2.09. The summed E-state index contributed by atoms with van der Waals surface area (Å²) in [5.41, 5.74) is 1.28. The molecule has 1 atom stereocenters. The molecule has 4 nitrogen and oxygen atoms in total. The van der Waals surface area contributed by atoms with Crippen LogP contribution in [0.3, 0.4) is 0 Å². The van der Waals surface area contributed by atoms with E-state index in [1.165, 1.54) is 37.7 Å². The molecule has 146 valence electrons. The molecule has 26 heavy (non-hydrogen) atoms. The SMILES string of the molecule is CCCCCCCCC(=O)N[C@H](Cc1ccccc1)CN1CCOCC1. The number of morpholine rings is 1. The lowest BCUT2D eigenvalue weighted by atomic mass is 10.0. The number of nitrogens with one attached hydrogen (secondary N) is 1. The van der Waals surface area contributed by atoms with Crippen molar-refractivity contribution in [2.75, 3.05) is 32.8 Å². The van der Waals surface area contributed by atoms with Crippen molar-refractivity contribution in [2.24, 2.45) is 0 Å². The van der Waals surface area contributed by atoms with Crippen LogP contribution in [0, 0.1) is 0 Å². The van der Waals surface area contributed by atoms with Crippen molar-refractivity contribution in [3.05, 3.63) is 35.9 Å². The first-order chi connectivity index (χ1) is 12.8. The number of ether oxygens (including phenoxy) is 1. The van der Waals surface area contributed by atoms with Crippen LogP contribution in [0.25, 0.3) is 0 Å². The van der Waals surface area contributed by atoms with Gasteiger partial charge in [0, 0.05) is 32.1 Å². The number of amides is 1. The number of nitrogens with zero attached hydrogens (tertiary/aromatic N) is 1. The molecule has 0 bridgehead atoms. The van der Waals surface area contributed by atoms with E-state index in [9.17, 15) is 4.79 Å². The third-order valence-electron chi connectivity index (χ3n) is 5.03. The Kier molecular flexibility index (Phi) is 10.4. The van der Waals surface area contributed by atoms with E-state index in [0.717, 1.165) is 45.7 Å². The maximum Gasteiger partial charge on any atom is 0.220 e. The minimum Gasteiger partial charge on any atom is -0.379 e. The van der Waals surface area contributed by atoms with Gasteiger partial charge in [-0.25, -0.2) is 0 Å². The van der Waals surface area contributed by atoms with Gasteiger partial charge in [0.05, 0.1) is 13.2 Å². The zero-order valence-corrected chi connectivity index (χ0v) is 16.4. The molecule has 0 radical (unpaired) electrons. The number of benzene rings is 1. The van der Waals surface area contributed by atoms with Gasteiger partial charge in [0.2, 0.25) is 5.91 Å². The van der Waals surface area contributed by atoms with Crippen LogP contribution >= 0.6 is 0 Å². The highest BCUT2D eigenvalue weighted by molar-refractivity contribution is 5.76. The molecular weight excluding hydrogens is 324 g/mol. The minimum atomic E-state index is 0.170. The topological polar surface area (TPSA) is 41.6 Å². The van der Waals surface area contributed by atoms with Crippen molar-refractivity contribution in [1.82, 2.24) is 10.2 Å². The second-order valence-corrected chi connectivity index (χ2v) is 7.38. The standard InChI is InChI=1S/C22H36N2O2/c1-2-3-4-5-6-10-13-22(25)23-21(18-20-11-8-7-9-12-20)19-24-14-16-26-17-15-24/h7-9,11-12,21H,2-6,10,13-19H2,1H3,(H,23,25)/t21-/m1/s1. The van der Waals surface area contributed by atoms with Gasteiger partial charge in [-0.2, -0.15) is 0 Å². The molecule has 1 amide bonds. The molecule has 1 aromatic rings. The van der Waals surface area contributed by atoms with E-state index in [2.05, 4.69) is 41.4 Å². The summed E-state index contributed by atoms with van der Waals surface area (Å²) in [6, 6.07) is 10.6. The van der Waals surface area contributed by atoms with Crippen LogP contribution in [0.5, 0.6) is 0 Å². The van der Waals surface area contributed by atoms with Crippen LogP contribution in [0.4, 0.5) is 0 Å². The molecule has 1 aliphatic rings. The smallest absolute Gasteiger partial charge is 0.220 e. The minimum absolute atomic E-state index is 0.170. The molecule has 0 spiro atoms. The Morgan fingerprint density at radius 2 is 1.77 bits per heavy atom. The Hall–Kier alpha value is -1.39. The number of carbonyl (C=O) groups is 1. The van der Waals surface area contributed by atoms with E-state index >= 15 is 0 Å². The molecule has 0 unspecified atom stereocenters. The lowest BCUT2D eigenvalue weighted by molar-refractivity contribution is -0.122. The lowest BCUT2D eigenvalue weighted by Crippen LogP contribution is -2.48. The molecule has 1 fully saturated rings. The summed E-state index contributed by atoms with van der Waals surface area (Å²) in [7, 11) is 0. The first-order valence-electron chi connectivity index (χ1n) is 10.4. The second-order valence-electron chi connectivity index (χ2n) is 7.38. The fraction of sp³-hybridized carbons (Fsp3) is 0.682. The van der Waals surface area contributed by atoms with Crippen molar-refractivity contribution in [3.63, 3.8) is 0 Å². The largest absolute Gasteiger partial charge is 0.379 e. The lowest BCUT2D eigenvalue weighted by Gasteiger charge is -2.31. The summed E-state index contributed by atoms with van der Waals surface area (Å²) in [4.78, 5) is 14.8. The molecule has 1 heterocycles. The number of hydrogen-bond donors (Lipinski definition) is 1. The van der Waals surface area contributed by atoms with Crippen molar-refractivity contribution < 1.29 is 9.53 Å². The van der Waals surface area contributed by atoms with Gasteiger partial charge in [-0.3, -0.25) is 9.69 Å². The third kappa shape index (κ3) is 8.81. The second kappa shape index (κ2) is 12.9. The van der Waals surface area contributed by atoms with E-state index in [1.54, 1.807) is 0 Å². The molecule has 1 aromatic carbocycles. The average Bonchev–Trinajstić information content (AvgIpc) is 2.66. The Morgan fingerprint density at radius 3 is 2.50 bits per heavy atom. The van der Waals surface area contributed by atoms with Crippen molar-refractivity contribution >= 4 is 5.91 Å². The fourth-order valence-electron chi connectivity index (χ4n) is 3.52. The fourth-order valence-corrected chi connectivity index (χ4v) is 3.52. The van der Waals surface area contributed by atoms with Gasteiger partial charge < -0.3 is 10.1 Å². The van der Waals surface area contributed by atoms with E-state index < -0.39 is 0 Å². The molecule has 0 saturated carbocycles. The third-order valence-corrected chi connectivity index (χ3v) is 5.03. The number of rotatable bonds is 12. The van der Waals surface area contributed by atoms with E-state index in [-0.39, 0.29) is 11.9 Å². The zero-order valence-electron chi connectivity index (χ0n) is 16.4. The van der Waals surface area contributed by atoms with Crippen molar-refractivity contribution in [1.29, 1.82) is 0 Å². The maximum absolute atomic E-state index is 12.4. The normalized spacial score (nSPS) is 16.3. The molecule has 4 heteroatoms. The van der Waals surface area contributed by atoms with Crippen LogP contribution in [0.15, 0.2) is 30.3 Å². The Labute approximate surface area is 159 Å². The van der Waals surface area contributed by atoms with Gasteiger partial charge in [0.15, 0.2) is 0 Å². The van der Waals surface area contributed by atoms with Gasteiger partial charge in [-0.1, -0.05) is 69.4 Å². The Bertz CT molecular complexity index is 486. The summed E-state index contributed by atoms with van der Waals surface area (Å²) in [5.74, 6) is 0.203. The van der Waals surface area contributed by atoms with Crippen LogP contribution in [0.2, 0.25) is 0 Å². The molecule has 2 rings (SSSR count). The molecule has 0 aliphatic carbocycles. The Balaban J connectivity index is 1.77. The van der Waals surface area contributed by atoms with Gasteiger partial charge >= 0.3 is 0 Å². The first-order valence-corrected chi connectivity index (χ1v) is 10.4. The predicted octanol–water partition coefficient (Wildman–Crippen LogP) is 3.80. The van der Waals surface area contributed by atoms with Crippen LogP contribution in [-0.2, 0) is 16.0 Å². The highest BCUT2D eigenvalue weighted by atomic mass is 16.5. The summed E-state index contributed by atoms with van der Waals surface area (Å²) < 4.78 is 5.45. The summed E-state index contributed by atoms with van der Waals surface area (Å²) in [6.45, 7) is 6.64. The van der Waals surface area contributed by atoms with Crippen LogP contribution in [0.1, 0.15) is 57.4 Å². The van der Waals surface area contributed by atoms with E-state index in [0.29, 0.717) is 6.42 Å². The Morgan fingerprint density at radius 1 is 1.08 bits per heavy atom. The highest BCUT2D eigenvalue weighted by Gasteiger charge is 2.19.